The van der Waals surface area contributed by atoms with Crippen LogP contribution in [0.2, 0.25) is 10.0 Å². The van der Waals surface area contributed by atoms with E-state index in [1.54, 1.807) is 35.4 Å². The highest BCUT2D eigenvalue weighted by Gasteiger charge is 2.11. The third kappa shape index (κ3) is 3.96. The highest BCUT2D eigenvalue weighted by molar-refractivity contribution is 7.10. The van der Waals surface area contributed by atoms with E-state index in [2.05, 4.69) is 0 Å². The average molecular weight is 314 g/mol. The molecule has 0 spiro atoms. The zero-order valence-corrected chi connectivity index (χ0v) is 12.7. The summed E-state index contributed by atoms with van der Waals surface area (Å²) in [5, 5.41) is 3.01. The largest absolute Gasteiger partial charge is 0.341 e. The SMILES string of the molecule is CN(Cc1ccc(Cl)c(Cl)c1)C(=O)Cc1cccs1. The number of halogens is 2. The lowest BCUT2D eigenvalue weighted by atomic mass is 10.2. The van der Waals surface area contributed by atoms with Crippen LogP contribution in [0, 0.1) is 0 Å². The first-order chi connectivity index (χ1) is 9.06. The number of hydrogen-bond acceptors (Lipinski definition) is 2. The van der Waals surface area contributed by atoms with Gasteiger partial charge in [0.15, 0.2) is 0 Å². The Balaban J connectivity index is 1.98. The Hall–Kier alpha value is -1.03. The lowest BCUT2D eigenvalue weighted by Crippen LogP contribution is -2.27. The molecule has 0 N–H and O–H groups in total. The van der Waals surface area contributed by atoms with Gasteiger partial charge in [0.25, 0.3) is 0 Å². The van der Waals surface area contributed by atoms with E-state index in [0.29, 0.717) is 23.0 Å². The van der Waals surface area contributed by atoms with E-state index in [9.17, 15) is 4.79 Å². The van der Waals surface area contributed by atoms with Crippen LogP contribution in [-0.2, 0) is 17.8 Å². The van der Waals surface area contributed by atoms with Crippen LogP contribution in [-0.4, -0.2) is 17.9 Å². The molecule has 100 valence electrons. The zero-order chi connectivity index (χ0) is 13.8. The van der Waals surface area contributed by atoms with Crippen LogP contribution in [0.1, 0.15) is 10.4 Å². The molecule has 2 nitrogen and oxygen atoms in total. The van der Waals surface area contributed by atoms with Crippen LogP contribution in [0.15, 0.2) is 35.7 Å². The van der Waals surface area contributed by atoms with E-state index in [4.69, 9.17) is 23.2 Å². The van der Waals surface area contributed by atoms with Crippen molar-refractivity contribution in [1.82, 2.24) is 4.90 Å². The number of likely N-dealkylation sites (N-methyl/N-ethyl adjacent to an activating group) is 1. The van der Waals surface area contributed by atoms with Crippen LogP contribution < -0.4 is 0 Å². The van der Waals surface area contributed by atoms with Gasteiger partial charge in [0.05, 0.1) is 16.5 Å². The van der Waals surface area contributed by atoms with Crippen LogP contribution in [0.5, 0.6) is 0 Å². The predicted octanol–water partition coefficient (Wildman–Crippen LogP) is 4.26. The number of hydrogen-bond donors (Lipinski definition) is 0. The molecule has 0 unspecified atom stereocenters. The third-order valence-electron chi connectivity index (χ3n) is 2.74. The second-order valence-electron chi connectivity index (χ2n) is 4.25. The van der Waals surface area contributed by atoms with E-state index in [1.807, 2.05) is 23.6 Å². The summed E-state index contributed by atoms with van der Waals surface area (Å²) < 4.78 is 0. The van der Waals surface area contributed by atoms with Crippen molar-refractivity contribution in [2.75, 3.05) is 7.05 Å². The summed E-state index contributed by atoms with van der Waals surface area (Å²) in [5.41, 5.74) is 0.969. The van der Waals surface area contributed by atoms with Gasteiger partial charge in [0.2, 0.25) is 5.91 Å². The second-order valence-corrected chi connectivity index (χ2v) is 6.10. The van der Waals surface area contributed by atoms with Crippen molar-refractivity contribution >= 4 is 40.4 Å². The fraction of sp³-hybridized carbons (Fsp3) is 0.214. The molecule has 2 aromatic rings. The Morgan fingerprint density at radius 2 is 2.05 bits per heavy atom. The summed E-state index contributed by atoms with van der Waals surface area (Å²) in [4.78, 5) is 14.8. The van der Waals surface area contributed by atoms with Crippen molar-refractivity contribution in [2.45, 2.75) is 13.0 Å². The lowest BCUT2D eigenvalue weighted by molar-refractivity contribution is -0.129. The second kappa shape index (κ2) is 6.42. The number of carbonyl (C=O) groups is 1. The summed E-state index contributed by atoms with van der Waals surface area (Å²) in [6.07, 6.45) is 0.440. The van der Waals surface area contributed by atoms with Crippen molar-refractivity contribution in [1.29, 1.82) is 0 Å². The van der Waals surface area contributed by atoms with E-state index in [-0.39, 0.29) is 5.91 Å². The summed E-state index contributed by atoms with van der Waals surface area (Å²) in [5.74, 6) is 0.0912. The minimum absolute atomic E-state index is 0.0912. The third-order valence-corrected chi connectivity index (χ3v) is 4.35. The topological polar surface area (TPSA) is 20.3 Å². The Morgan fingerprint density at radius 3 is 2.68 bits per heavy atom. The molecule has 0 radical (unpaired) electrons. The summed E-state index contributed by atoms with van der Waals surface area (Å²) in [7, 11) is 1.79. The van der Waals surface area contributed by atoms with Crippen molar-refractivity contribution in [3.63, 3.8) is 0 Å². The van der Waals surface area contributed by atoms with Crippen molar-refractivity contribution in [3.8, 4) is 0 Å². The van der Waals surface area contributed by atoms with Gasteiger partial charge in [-0.3, -0.25) is 4.79 Å². The van der Waals surface area contributed by atoms with Gasteiger partial charge in [0, 0.05) is 18.5 Å². The summed E-state index contributed by atoms with van der Waals surface area (Å²) in [6.45, 7) is 0.529. The first-order valence-electron chi connectivity index (χ1n) is 5.76. The van der Waals surface area contributed by atoms with E-state index in [0.717, 1.165) is 10.4 Å². The van der Waals surface area contributed by atoms with Gasteiger partial charge in [-0.15, -0.1) is 11.3 Å². The van der Waals surface area contributed by atoms with Gasteiger partial charge in [-0.2, -0.15) is 0 Å². The molecule has 1 aromatic heterocycles. The molecule has 19 heavy (non-hydrogen) atoms. The van der Waals surface area contributed by atoms with Crippen molar-refractivity contribution < 1.29 is 4.79 Å². The normalized spacial score (nSPS) is 10.5. The number of rotatable bonds is 4. The van der Waals surface area contributed by atoms with Gasteiger partial charge in [0.1, 0.15) is 0 Å². The zero-order valence-electron chi connectivity index (χ0n) is 10.4. The van der Waals surface area contributed by atoms with E-state index >= 15 is 0 Å². The smallest absolute Gasteiger partial charge is 0.227 e. The van der Waals surface area contributed by atoms with E-state index < -0.39 is 0 Å². The number of carbonyl (C=O) groups excluding carboxylic acids is 1. The number of nitrogens with zero attached hydrogens (tertiary/aromatic N) is 1. The highest BCUT2D eigenvalue weighted by Crippen LogP contribution is 2.23. The molecule has 0 bridgehead atoms. The Morgan fingerprint density at radius 1 is 1.26 bits per heavy atom. The first-order valence-corrected chi connectivity index (χ1v) is 7.40. The van der Waals surface area contributed by atoms with Crippen molar-refractivity contribution in [2.24, 2.45) is 0 Å². The van der Waals surface area contributed by atoms with E-state index in [1.165, 1.54) is 0 Å². The standard InChI is InChI=1S/C14H13Cl2NOS/c1-17(14(18)8-11-3-2-6-19-11)9-10-4-5-12(15)13(16)7-10/h2-7H,8-9H2,1H3. The highest BCUT2D eigenvalue weighted by atomic mass is 35.5. The van der Waals surface area contributed by atoms with Gasteiger partial charge in [-0.05, 0) is 29.1 Å². The minimum atomic E-state index is 0.0912. The van der Waals surface area contributed by atoms with Crippen LogP contribution in [0.4, 0.5) is 0 Å². The fourth-order valence-corrected chi connectivity index (χ4v) is 2.71. The molecule has 0 aliphatic carbocycles. The maximum atomic E-state index is 12.0. The molecule has 1 heterocycles. The Bertz CT molecular complexity index is 569. The molecule has 0 fully saturated rings. The number of benzene rings is 1. The number of thiophene rings is 1. The summed E-state index contributed by atoms with van der Waals surface area (Å²) >= 11 is 13.4. The molecular formula is C14H13Cl2NOS. The maximum absolute atomic E-state index is 12.0. The lowest BCUT2D eigenvalue weighted by Gasteiger charge is -2.17. The van der Waals surface area contributed by atoms with Crippen LogP contribution in [0.3, 0.4) is 0 Å². The van der Waals surface area contributed by atoms with Gasteiger partial charge >= 0.3 is 0 Å². The van der Waals surface area contributed by atoms with Gasteiger partial charge in [-0.25, -0.2) is 0 Å². The molecule has 0 aliphatic heterocycles. The molecule has 0 atom stereocenters. The minimum Gasteiger partial charge on any atom is -0.341 e. The molecule has 1 amide bonds. The molecular weight excluding hydrogens is 301 g/mol. The molecule has 5 heteroatoms. The fourth-order valence-electron chi connectivity index (χ4n) is 1.70. The van der Waals surface area contributed by atoms with Crippen LogP contribution >= 0.6 is 34.5 Å². The molecule has 0 saturated carbocycles. The average Bonchev–Trinajstić information content (AvgIpc) is 2.86. The number of amides is 1. The predicted molar refractivity (Wildman–Crippen MR) is 81.0 cm³/mol. The van der Waals surface area contributed by atoms with Gasteiger partial charge in [-0.1, -0.05) is 35.3 Å². The molecule has 1 aromatic carbocycles. The first kappa shape index (κ1) is 14.4. The van der Waals surface area contributed by atoms with Crippen molar-refractivity contribution in [3.05, 3.63) is 56.2 Å². The summed E-state index contributed by atoms with van der Waals surface area (Å²) in [6, 6.07) is 9.33. The van der Waals surface area contributed by atoms with Gasteiger partial charge < -0.3 is 4.90 Å². The van der Waals surface area contributed by atoms with Crippen LogP contribution in [0.25, 0.3) is 0 Å². The Labute approximate surface area is 126 Å². The maximum Gasteiger partial charge on any atom is 0.227 e. The molecule has 2 rings (SSSR count). The molecule has 0 saturated heterocycles. The monoisotopic (exact) mass is 313 g/mol. The quantitative estimate of drug-likeness (QED) is 0.826. The molecule has 0 aliphatic rings. The Kier molecular flexibility index (Phi) is 4.86.